The summed E-state index contributed by atoms with van der Waals surface area (Å²) in [5.41, 5.74) is 5.78. The summed E-state index contributed by atoms with van der Waals surface area (Å²) in [6, 6.07) is 11.6. The highest BCUT2D eigenvalue weighted by molar-refractivity contribution is 8.05. The Labute approximate surface area is 225 Å². The summed E-state index contributed by atoms with van der Waals surface area (Å²) in [6.07, 6.45) is 1.51. The summed E-state index contributed by atoms with van der Waals surface area (Å²) < 4.78 is 11.4. The van der Waals surface area contributed by atoms with Gasteiger partial charge in [0.1, 0.15) is 12.1 Å². The largest absolute Gasteiger partial charge is 0.368 e. The van der Waals surface area contributed by atoms with E-state index in [1.54, 1.807) is 0 Å². The highest BCUT2D eigenvalue weighted by atomic mass is 32.2. The van der Waals surface area contributed by atoms with E-state index in [9.17, 15) is 33.5 Å². The number of rotatable bonds is 11. The van der Waals surface area contributed by atoms with Crippen LogP contribution in [0.25, 0.3) is 10.8 Å². The lowest BCUT2D eigenvalue weighted by atomic mass is 9.98. The lowest BCUT2D eigenvalue weighted by Crippen LogP contribution is -2.57. The van der Waals surface area contributed by atoms with Gasteiger partial charge in [0.15, 0.2) is 0 Å². The van der Waals surface area contributed by atoms with E-state index in [2.05, 4.69) is 10.6 Å². The van der Waals surface area contributed by atoms with Gasteiger partial charge in [0.05, 0.1) is 10.7 Å². The number of nitrogens with one attached hydrogen (secondary N) is 2. The van der Waals surface area contributed by atoms with Crippen molar-refractivity contribution in [1.82, 2.24) is 15.5 Å². The Morgan fingerprint density at radius 3 is 2.50 bits per heavy atom. The smallest absolute Gasteiger partial charge is 0.335 e. The lowest BCUT2D eigenvalue weighted by molar-refractivity contribution is -0.143. The average molecular weight is 565 g/mol. The molecule has 0 saturated carbocycles. The number of amides is 4. The maximum Gasteiger partial charge on any atom is 0.335 e. The molecule has 206 valence electrons. The van der Waals surface area contributed by atoms with Crippen LogP contribution in [-0.2, 0) is 30.2 Å². The fourth-order valence-electron chi connectivity index (χ4n) is 4.42. The number of nitrogens with two attached hydrogens (primary N) is 1. The monoisotopic (exact) mass is 564 g/mol. The quantitative estimate of drug-likeness (QED) is 0.252. The predicted molar refractivity (Wildman–Crippen MR) is 145 cm³/mol. The van der Waals surface area contributed by atoms with Gasteiger partial charge in [-0.1, -0.05) is 42.5 Å². The van der Waals surface area contributed by atoms with Crippen molar-refractivity contribution >= 4 is 53.8 Å². The van der Waals surface area contributed by atoms with Gasteiger partial charge in [0, 0.05) is 26.4 Å². The number of hydrogen-bond acceptors (Lipinski definition) is 6. The van der Waals surface area contributed by atoms with Crippen LogP contribution < -0.4 is 16.4 Å². The molecule has 0 spiro atoms. The molecule has 0 aliphatic carbocycles. The molecular weight excluding hydrogens is 531 g/mol. The fraction of sp³-hybridized carbons (Fsp3) is 0.440. The van der Waals surface area contributed by atoms with Crippen molar-refractivity contribution in [1.29, 1.82) is 0 Å². The number of carbonyl (C=O) groups excluding carboxylic acids is 4. The number of carbonyl (C=O) groups is 4. The minimum absolute atomic E-state index is 0.171. The van der Waals surface area contributed by atoms with E-state index >= 15 is 0 Å². The van der Waals surface area contributed by atoms with Crippen molar-refractivity contribution in [3.63, 3.8) is 0 Å². The summed E-state index contributed by atoms with van der Waals surface area (Å²) in [5, 5.41) is 6.05. The van der Waals surface area contributed by atoms with Crippen molar-refractivity contribution in [3.05, 3.63) is 48.0 Å². The van der Waals surface area contributed by atoms with Gasteiger partial charge >= 0.3 is 7.60 Å². The average Bonchev–Trinajstić information content (AvgIpc) is 2.89. The van der Waals surface area contributed by atoms with E-state index in [-0.39, 0.29) is 19.4 Å². The molecule has 1 aliphatic rings. The second kappa shape index (κ2) is 13.2. The molecule has 2 aromatic carbocycles. The van der Waals surface area contributed by atoms with E-state index in [1.165, 1.54) is 11.9 Å². The summed E-state index contributed by atoms with van der Waals surface area (Å²) in [6.45, 7) is 0.240. The van der Waals surface area contributed by atoms with E-state index in [4.69, 9.17) is 5.73 Å². The van der Waals surface area contributed by atoms with Crippen LogP contribution in [0.15, 0.2) is 42.5 Å². The van der Waals surface area contributed by atoms with Gasteiger partial charge in [-0.15, -0.1) is 11.8 Å². The number of thioether (sulfide) groups is 1. The molecule has 3 atom stereocenters. The molecule has 1 unspecified atom stereocenters. The molecular formula is C25H33N4O7PS. The van der Waals surface area contributed by atoms with Crippen molar-refractivity contribution in [2.45, 2.75) is 49.4 Å². The van der Waals surface area contributed by atoms with Gasteiger partial charge in [-0.05, 0) is 35.6 Å². The molecule has 13 heteroatoms. The van der Waals surface area contributed by atoms with Crippen LogP contribution in [0.5, 0.6) is 0 Å². The third-order valence-electron chi connectivity index (χ3n) is 6.37. The predicted octanol–water partition coefficient (Wildman–Crippen LogP) is 1.11. The Morgan fingerprint density at radius 1 is 1.13 bits per heavy atom. The van der Waals surface area contributed by atoms with E-state index in [1.807, 2.05) is 42.5 Å². The first-order chi connectivity index (χ1) is 18.0. The molecule has 3 rings (SSSR count). The first-order valence-corrected chi connectivity index (χ1v) is 15.1. The van der Waals surface area contributed by atoms with Crippen molar-refractivity contribution < 1.29 is 33.5 Å². The molecule has 1 aliphatic heterocycles. The van der Waals surface area contributed by atoms with Gasteiger partial charge in [-0.2, -0.15) is 0 Å². The van der Waals surface area contributed by atoms with Crippen molar-refractivity contribution in [2.75, 3.05) is 19.1 Å². The van der Waals surface area contributed by atoms with Crippen LogP contribution in [0.1, 0.15) is 31.2 Å². The van der Waals surface area contributed by atoms with Crippen molar-refractivity contribution in [2.24, 2.45) is 5.73 Å². The Kier molecular flexibility index (Phi) is 10.3. The Bertz CT molecular complexity index is 1240. The zero-order chi connectivity index (χ0) is 27.9. The Morgan fingerprint density at radius 2 is 1.84 bits per heavy atom. The highest BCUT2D eigenvalue weighted by Crippen LogP contribution is 2.41. The molecule has 0 radical (unpaired) electrons. The van der Waals surface area contributed by atoms with Gasteiger partial charge in [0.2, 0.25) is 23.6 Å². The molecule has 0 bridgehead atoms. The number of piperidine rings is 1. The minimum Gasteiger partial charge on any atom is -0.368 e. The molecule has 6 N–H and O–H groups in total. The summed E-state index contributed by atoms with van der Waals surface area (Å²) in [5.74, 6) is -2.28. The number of nitrogens with zero attached hydrogens (tertiary/aromatic N) is 1. The fourth-order valence-corrected chi connectivity index (χ4v) is 6.46. The molecule has 1 heterocycles. The van der Waals surface area contributed by atoms with Crippen LogP contribution >= 0.6 is 19.4 Å². The second-order valence-corrected chi connectivity index (χ2v) is 12.5. The summed E-state index contributed by atoms with van der Waals surface area (Å²) in [4.78, 5) is 70.9. The number of fused-ring (bicyclic) bond motifs is 1. The normalized spacial score (nSPS) is 17.4. The van der Waals surface area contributed by atoms with Gasteiger partial charge in [-0.3, -0.25) is 23.7 Å². The molecule has 38 heavy (non-hydrogen) atoms. The third-order valence-corrected chi connectivity index (χ3v) is 9.08. The maximum absolute atomic E-state index is 13.4. The maximum atomic E-state index is 13.4. The van der Waals surface area contributed by atoms with Crippen LogP contribution in [0, 0.1) is 0 Å². The number of benzene rings is 2. The Balaban J connectivity index is 1.75. The molecule has 0 aromatic heterocycles. The van der Waals surface area contributed by atoms with Gasteiger partial charge in [-0.25, -0.2) is 0 Å². The molecule has 1 fully saturated rings. The molecule has 2 aromatic rings. The first-order valence-electron chi connectivity index (χ1n) is 12.2. The molecule has 11 nitrogen and oxygen atoms in total. The minimum atomic E-state index is -4.43. The standard InChI is InChI=1S/C25H33N4O7PS/c1-27-22(30)14-21(38-15-37(34,35)36)25(33)29-11-5-4-8-20(29)24(32)28-19(23(26)31)13-16-9-10-17-6-2-3-7-18(17)12-16/h2-3,6-7,9-10,12,19-21H,4-5,8,11,13-15H2,1H3,(H2,26,31)(H,27,30)(H,28,32)(H2,34,35,36)/t19-,20-,21?/m0/s1. The summed E-state index contributed by atoms with van der Waals surface area (Å²) in [7, 11) is -3.04. The molecule has 1 saturated heterocycles. The van der Waals surface area contributed by atoms with Crippen LogP contribution in [0.3, 0.4) is 0 Å². The van der Waals surface area contributed by atoms with Crippen LogP contribution in [-0.4, -0.2) is 74.7 Å². The number of hydrogen-bond donors (Lipinski definition) is 5. The zero-order valence-corrected chi connectivity index (χ0v) is 22.7. The van der Waals surface area contributed by atoms with Gasteiger partial charge < -0.3 is 31.1 Å². The van der Waals surface area contributed by atoms with Crippen molar-refractivity contribution in [3.8, 4) is 0 Å². The lowest BCUT2D eigenvalue weighted by Gasteiger charge is -2.37. The van der Waals surface area contributed by atoms with Gasteiger partial charge in [0.25, 0.3) is 0 Å². The van der Waals surface area contributed by atoms with E-state index in [0.717, 1.165) is 16.3 Å². The SMILES string of the molecule is CNC(=O)CC(SCP(=O)(O)O)C(=O)N1CCCC[C@H]1C(=O)N[C@@H](Cc1ccc2ccccc2c1)C(N)=O. The summed E-state index contributed by atoms with van der Waals surface area (Å²) >= 11 is 0.688. The second-order valence-electron chi connectivity index (χ2n) is 9.22. The highest BCUT2D eigenvalue weighted by Gasteiger charge is 2.38. The number of likely N-dealkylation sites (tertiary alicyclic amines) is 1. The topological polar surface area (TPSA) is 179 Å². The van der Waals surface area contributed by atoms with E-state index in [0.29, 0.717) is 31.0 Å². The van der Waals surface area contributed by atoms with E-state index < -0.39 is 54.1 Å². The Hall–Kier alpha value is -2.92. The third kappa shape index (κ3) is 8.29. The number of primary amides is 1. The zero-order valence-electron chi connectivity index (χ0n) is 21.0. The van der Waals surface area contributed by atoms with Crippen LogP contribution in [0.4, 0.5) is 0 Å². The van der Waals surface area contributed by atoms with Crippen LogP contribution in [0.2, 0.25) is 0 Å². The first kappa shape index (κ1) is 29.6. The molecule has 4 amide bonds.